The van der Waals surface area contributed by atoms with E-state index in [1.165, 1.54) is 70.6 Å². The van der Waals surface area contributed by atoms with Crippen molar-refractivity contribution < 1.29 is 81.7 Å². The van der Waals surface area contributed by atoms with Crippen LogP contribution in [0.15, 0.2) is 12.2 Å². The maximum Gasteiger partial charge on any atom is 0.472 e. The van der Waals surface area contributed by atoms with Crippen molar-refractivity contribution in [1.29, 1.82) is 0 Å². The Bertz CT molecular complexity index is 1410. The van der Waals surface area contributed by atoms with Crippen LogP contribution in [0, 0.1) is 17.8 Å². The third-order valence-electron chi connectivity index (χ3n) is 11.8. The summed E-state index contributed by atoms with van der Waals surface area (Å²) in [4.78, 5) is 66.0. The molecule has 7 N–H and O–H groups in total. The molecule has 0 heterocycles. The molecule has 66 heavy (non-hydrogen) atoms. The molecule has 1 unspecified atom stereocenters. The number of ketones is 1. The molecule has 0 spiro atoms. The highest BCUT2D eigenvalue weighted by atomic mass is 31.2. The zero-order valence-electron chi connectivity index (χ0n) is 40.3. The summed E-state index contributed by atoms with van der Waals surface area (Å²) in [6.45, 7) is 3.58. The first-order valence-electron chi connectivity index (χ1n) is 24.9. The van der Waals surface area contributed by atoms with E-state index in [9.17, 15) is 48.8 Å². The number of phosphoric ester groups is 2. The molecule has 0 radical (unpaired) electrons. The van der Waals surface area contributed by atoms with E-state index in [0.717, 1.165) is 50.9 Å². The summed E-state index contributed by atoms with van der Waals surface area (Å²) in [6.07, 6.45) is 21.2. The number of phosphoric acid groups is 2. The maximum absolute atomic E-state index is 12.9. The minimum absolute atomic E-state index is 0.0184. The van der Waals surface area contributed by atoms with Gasteiger partial charge in [-0.1, -0.05) is 148 Å². The van der Waals surface area contributed by atoms with E-state index in [4.69, 9.17) is 23.8 Å². The van der Waals surface area contributed by atoms with Crippen LogP contribution in [0.5, 0.6) is 0 Å². The normalized spacial score (nSPS) is 20.1. The monoisotopic (exact) mass is 987 g/mol. The van der Waals surface area contributed by atoms with E-state index >= 15 is 0 Å². The average Bonchev–Trinajstić information content (AvgIpc) is 3.51. The first-order valence-corrected chi connectivity index (χ1v) is 27.9. The maximum atomic E-state index is 12.9. The highest BCUT2D eigenvalue weighted by Crippen LogP contribution is 2.44. The van der Waals surface area contributed by atoms with Gasteiger partial charge in [0, 0.05) is 43.9 Å². The van der Waals surface area contributed by atoms with Crippen molar-refractivity contribution in [3.05, 3.63) is 12.2 Å². The molecule has 1 aliphatic carbocycles. The lowest BCUT2D eigenvalue weighted by Gasteiger charge is -2.21. The van der Waals surface area contributed by atoms with Gasteiger partial charge in [-0.15, -0.1) is 0 Å². The average molecular weight is 987 g/mol. The first kappa shape index (κ1) is 62.4. The Balaban J connectivity index is 2.52. The van der Waals surface area contributed by atoms with Gasteiger partial charge in [-0.3, -0.25) is 28.0 Å². The molecule has 17 nitrogen and oxygen atoms in total. The molecular formula is C47H88O17P2. The summed E-state index contributed by atoms with van der Waals surface area (Å²) in [5.41, 5.74) is 0. The molecule has 1 saturated carbocycles. The van der Waals surface area contributed by atoms with Gasteiger partial charge in [-0.2, -0.15) is 0 Å². The van der Waals surface area contributed by atoms with Crippen LogP contribution < -0.4 is 0 Å². The highest BCUT2D eigenvalue weighted by molar-refractivity contribution is 7.47. The number of hydrogen-bond acceptors (Lipinski definition) is 14. The second-order valence-corrected chi connectivity index (χ2v) is 21.2. The van der Waals surface area contributed by atoms with Crippen LogP contribution in [0.1, 0.15) is 194 Å². The van der Waals surface area contributed by atoms with E-state index < -0.39 is 96.4 Å². The van der Waals surface area contributed by atoms with Gasteiger partial charge in [-0.25, -0.2) is 9.13 Å². The lowest BCUT2D eigenvalue weighted by molar-refractivity contribution is -0.161. The molecule has 388 valence electrons. The summed E-state index contributed by atoms with van der Waals surface area (Å²) in [6, 6.07) is 0. The summed E-state index contributed by atoms with van der Waals surface area (Å²) in [5, 5.41) is 41.2. The summed E-state index contributed by atoms with van der Waals surface area (Å²) >= 11 is 0. The minimum Gasteiger partial charge on any atom is -0.462 e. The fraction of sp³-hybridized carbons (Fsp3) is 0.894. The molecule has 19 heteroatoms. The molecule has 1 fully saturated rings. The number of unbranched alkanes of at least 4 members (excludes halogenated alkanes) is 17. The molecule has 1 rings (SSSR count). The van der Waals surface area contributed by atoms with Gasteiger partial charge in [0.15, 0.2) is 6.10 Å². The molecule has 0 amide bonds. The van der Waals surface area contributed by atoms with Gasteiger partial charge in [-0.05, 0) is 31.6 Å². The summed E-state index contributed by atoms with van der Waals surface area (Å²) in [7, 11) is -9.83. The molecule has 8 atom stereocenters. The van der Waals surface area contributed by atoms with Crippen LogP contribution in [-0.2, 0) is 46.6 Å². The van der Waals surface area contributed by atoms with Crippen LogP contribution in [0.25, 0.3) is 0 Å². The molecule has 0 aliphatic heterocycles. The van der Waals surface area contributed by atoms with Crippen LogP contribution >= 0.6 is 15.6 Å². The number of ether oxygens (including phenoxy) is 2. The Kier molecular flexibility index (Phi) is 35.2. The number of carbonyl (C=O) groups is 3. The van der Waals surface area contributed by atoms with E-state index in [1.807, 2.05) is 0 Å². The minimum atomic E-state index is -4.91. The second-order valence-electron chi connectivity index (χ2n) is 18.5. The summed E-state index contributed by atoms with van der Waals surface area (Å²) < 4.78 is 47.8. The van der Waals surface area contributed by atoms with Crippen molar-refractivity contribution in [3.63, 3.8) is 0 Å². The number of rotatable bonds is 43. The number of esters is 2. The van der Waals surface area contributed by atoms with Crippen LogP contribution in [0.4, 0.5) is 0 Å². The van der Waals surface area contributed by atoms with E-state index in [2.05, 4.69) is 29.8 Å². The third kappa shape index (κ3) is 34.7. The Morgan fingerprint density at radius 1 is 0.621 bits per heavy atom. The zero-order chi connectivity index (χ0) is 49.2. The Morgan fingerprint density at radius 2 is 1.12 bits per heavy atom. The standard InChI is InChI=1S/C47H88O17P2/c1-4-5-19-25-38(48)29-30-42-43(45(52)32-44(42)51)31-39(49)26-22-23-28-47(54)64-41(36-63-66(58,59)62-34-40(50)33-61-65(55,56)57)35-60-46(53)27-21-18-16-14-12-10-8-6-7-9-11-13-15-17-20-24-37(2)3/h29-30,37-38,40-45,48,50-52H,4-28,31-36H2,1-3H3,(H,58,59)(H2,55,56,57)/b30-29+/t38-,40-,41+,42+,43+,44+,45-/m0/s1. The molecule has 0 bridgehead atoms. The predicted octanol–water partition coefficient (Wildman–Crippen LogP) is 8.71. The van der Waals surface area contributed by atoms with Crippen LogP contribution in [-0.4, -0.2) is 110 Å². The third-order valence-corrected chi connectivity index (χ3v) is 13.2. The largest absolute Gasteiger partial charge is 0.472 e. The number of hydrogen-bond donors (Lipinski definition) is 7. The van der Waals surface area contributed by atoms with Crippen LogP contribution in [0.2, 0.25) is 0 Å². The van der Waals surface area contributed by atoms with E-state index in [1.54, 1.807) is 12.2 Å². The predicted molar refractivity (Wildman–Crippen MR) is 251 cm³/mol. The fourth-order valence-corrected chi connectivity index (χ4v) is 9.10. The van der Waals surface area contributed by atoms with E-state index in [-0.39, 0.29) is 44.3 Å². The van der Waals surface area contributed by atoms with Crippen molar-refractivity contribution in [1.82, 2.24) is 0 Å². The van der Waals surface area contributed by atoms with Gasteiger partial charge < -0.3 is 44.6 Å². The molecular weight excluding hydrogens is 898 g/mol. The number of carbonyl (C=O) groups excluding carboxylic acids is 3. The van der Waals surface area contributed by atoms with Gasteiger partial charge in [0.25, 0.3) is 0 Å². The quantitative estimate of drug-likeness (QED) is 0.0130. The Labute approximate surface area is 395 Å². The van der Waals surface area contributed by atoms with Gasteiger partial charge >= 0.3 is 27.6 Å². The van der Waals surface area contributed by atoms with E-state index in [0.29, 0.717) is 19.3 Å². The number of aliphatic hydroxyl groups excluding tert-OH is 4. The van der Waals surface area contributed by atoms with Crippen molar-refractivity contribution in [2.24, 2.45) is 17.8 Å². The van der Waals surface area contributed by atoms with Crippen molar-refractivity contribution in [2.75, 3.05) is 26.4 Å². The Hall–Kier alpha value is -1.59. The lowest BCUT2D eigenvalue weighted by Crippen LogP contribution is -2.30. The van der Waals surface area contributed by atoms with Crippen molar-refractivity contribution in [3.8, 4) is 0 Å². The lowest BCUT2D eigenvalue weighted by atomic mass is 9.87. The van der Waals surface area contributed by atoms with Crippen molar-refractivity contribution in [2.45, 2.75) is 225 Å². The van der Waals surface area contributed by atoms with Gasteiger partial charge in [0.1, 0.15) is 18.5 Å². The van der Waals surface area contributed by atoms with Crippen LogP contribution in [0.3, 0.4) is 0 Å². The first-order chi connectivity index (χ1) is 31.3. The van der Waals surface area contributed by atoms with Crippen molar-refractivity contribution >= 4 is 33.4 Å². The number of Topliss-reactive ketones (excluding diaryl/α,β-unsaturated/α-hetero) is 1. The van der Waals surface area contributed by atoms with Gasteiger partial charge in [0.05, 0.1) is 38.1 Å². The zero-order valence-corrected chi connectivity index (χ0v) is 42.1. The SMILES string of the molecule is CCCCC[C@H](O)/C=C/[C@@H]1[C@@H](CC(=O)CCCCC(=O)O[C@H](COC(=O)CCCCCCCCCCCCCCCCCC(C)C)COP(=O)(O)OC[C@@H](O)COP(=O)(O)O)[C@@H](O)C[C@H]1O. The highest BCUT2D eigenvalue weighted by Gasteiger charge is 2.41. The fourth-order valence-electron chi connectivity index (χ4n) is 7.94. The number of aliphatic hydroxyl groups is 4. The summed E-state index contributed by atoms with van der Waals surface area (Å²) in [5.74, 6) is -1.67. The molecule has 0 saturated heterocycles. The smallest absolute Gasteiger partial charge is 0.462 e. The second kappa shape index (κ2) is 37.3. The molecule has 0 aromatic rings. The Morgan fingerprint density at radius 3 is 1.70 bits per heavy atom. The molecule has 0 aromatic heterocycles. The molecule has 0 aromatic carbocycles. The topological polar surface area (TPSA) is 273 Å². The molecule has 1 aliphatic rings. The van der Waals surface area contributed by atoms with Gasteiger partial charge in [0.2, 0.25) is 0 Å².